The molecule has 0 aliphatic carbocycles. The number of benzene rings is 1. The molecule has 2 aliphatic heterocycles. The molecule has 1 N–H and O–H groups in total. The molecule has 188 valence electrons. The fraction of sp³-hybridized carbons (Fsp3) is 0.560. The Hall–Kier alpha value is -2.03. The lowest BCUT2D eigenvalue weighted by molar-refractivity contribution is -0.137. The summed E-state index contributed by atoms with van der Waals surface area (Å²) in [5.74, 6) is 1.41. The smallest absolute Gasteiger partial charge is 0.416 e. The molecule has 5 nitrogen and oxygen atoms in total. The summed E-state index contributed by atoms with van der Waals surface area (Å²) in [6, 6.07) is 7.69. The summed E-state index contributed by atoms with van der Waals surface area (Å²) in [4.78, 5) is 6.72. The van der Waals surface area contributed by atoms with Gasteiger partial charge in [-0.2, -0.15) is 13.2 Å². The van der Waals surface area contributed by atoms with E-state index in [9.17, 15) is 13.2 Å². The van der Waals surface area contributed by atoms with Crippen LogP contribution in [0.25, 0.3) is 0 Å². The van der Waals surface area contributed by atoms with Crippen molar-refractivity contribution in [2.24, 2.45) is 5.92 Å². The molecule has 0 unspecified atom stereocenters. The van der Waals surface area contributed by atoms with Crippen molar-refractivity contribution >= 4 is 18.1 Å². The van der Waals surface area contributed by atoms with Crippen molar-refractivity contribution in [2.45, 2.75) is 50.9 Å². The first-order valence-electron chi connectivity index (χ1n) is 11.8. The lowest BCUT2D eigenvalue weighted by Crippen LogP contribution is -2.34. The molecule has 0 radical (unpaired) electrons. The van der Waals surface area contributed by atoms with E-state index in [0.29, 0.717) is 31.8 Å². The first-order valence-corrected chi connectivity index (χ1v) is 11.8. The molecule has 3 heterocycles. The molecule has 0 saturated carbocycles. The lowest BCUT2D eigenvalue weighted by atomic mass is 9.94. The van der Waals surface area contributed by atoms with Gasteiger partial charge in [-0.15, -0.1) is 12.4 Å². The van der Waals surface area contributed by atoms with E-state index in [1.807, 2.05) is 6.20 Å². The van der Waals surface area contributed by atoms with E-state index in [1.54, 1.807) is 6.20 Å². The number of nitrogens with zero attached hydrogens (tertiary/aromatic N) is 2. The van der Waals surface area contributed by atoms with Crippen LogP contribution in [-0.4, -0.2) is 43.9 Å². The van der Waals surface area contributed by atoms with Crippen LogP contribution < -0.4 is 15.0 Å². The highest BCUT2D eigenvalue weighted by Gasteiger charge is 2.30. The molecule has 34 heavy (non-hydrogen) atoms. The van der Waals surface area contributed by atoms with Crippen LogP contribution in [0.15, 0.2) is 42.7 Å². The molecular weight excluding hydrogens is 467 g/mol. The second-order valence-electron chi connectivity index (χ2n) is 8.95. The zero-order valence-electron chi connectivity index (χ0n) is 19.2. The molecule has 1 atom stereocenters. The largest absolute Gasteiger partial charge is 0.490 e. The maximum atomic E-state index is 12.6. The topological polar surface area (TPSA) is 46.6 Å². The Morgan fingerprint density at radius 1 is 1.06 bits per heavy atom. The van der Waals surface area contributed by atoms with Crippen molar-refractivity contribution in [3.63, 3.8) is 0 Å². The van der Waals surface area contributed by atoms with Crippen LogP contribution in [0.5, 0.6) is 5.75 Å². The number of alkyl halides is 3. The van der Waals surface area contributed by atoms with Crippen LogP contribution in [0.4, 0.5) is 18.9 Å². The number of anilines is 1. The number of nitrogens with one attached hydrogen (secondary N) is 1. The Bertz CT molecular complexity index is 868. The highest BCUT2D eigenvalue weighted by Crippen LogP contribution is 2.29. The molecular formula is C25H33ClF3N3O2. The first kappa shape index (κ1) is 26.6. The third kappa shape index (κ3) is 7.75. The SMILES string of the molecule is Cl.FC(F)(F)c1ccc(COCCC2CCN(c3cncc(OC[C@@H]4CCCN4)c3)CC2)cc1. The Morgan fingerprint density at radius 2 is 1.82 bits per heavy atom. The molecule has 2 fully saturated rings. The number of hydrogen-bond donors (Lipinski definition) is 1. The van der Waals surface area contributed by atoms with Gasteiger partial charge in [-0.3, -0.25) is 4.98 Å². The van der Waals surface area contributed by atoms with Gasteiger partial charge in [0.2, 0.25) is 0 Å². The molecule has 0 bridgehead atoms. The maximum Gasteiger partial charge on any atom is 0.416 e. The zero-order chi connectivity index (χ0) is 23.1. The van der Waals surface area contributed by atoms with Crippen molar-refractivity contribution in [1.82, 2.24) is 10.3 Å². The van der Waals surface area contributed by atoms with Gasteiger partial charge in [-0.1, -0.05) is 12.1 Å². The standard InChI is InChI=1S/C25H32F3N3O2.ClH/c26-25(27,28)21-5-3-20(4-6-21)17-32-13-9-19-7-11-31(12-8-19)23-14-24(16-29-15-23)33-18-22-2-1-10-30-22;/h3-6,14-16,19,22,30H,1-2,7-13,17-18H2;1H/t22-;/m0./s1. The second kappa shape index (κ2) is 12.6. The summed E-state index contributed by atoms with van der Waals surface area (Å²) in [6.45, 7) is 4.65. The van der Waals surface area contributed by atoms with Crippen molar-refractivity contribution in [1.29, 1.82) is 0 Å². The number of aromatic nitrogens is 1. The van der Waals surface area contributed by atoms with Gasteiger partial charge in [0, 0.05) is 31.8 Å². The van der Waals surface area contributed by atoms with Crippen molar-refractivity contribution in [3.8, 4) is 5.75 Å². The van der Waals surface area contributed by atoms with Crippen molar-refractivity contribution in [2.75, 3.05) is 37.7 Å². The molecule has 0 amide bonds. The van der Waals surface area contributed by atoms with Crippen LogP contribution in [-0.2, 0) is 17.5 Å². The van der Waals surface area contributed by atoms with E-state index in [0.717, 1.165) is 74.5 Å². The van der Waals surface area contributed by atoms with Crippen molar-refractivity contribution < 1.29 is 22.6 Å². The summed E-state index contributed by atoms with van der Waals surface area (Å²) in [7, 11) is 0. The molecule has 1 aromatic carbocycles. The zero-order valence-corrected chi connectivity index (χ0v) is 20.0. The summed E-state index contributed by atoms with van der Waals surface area (Å²) in [5, 5.41) is 3.44. The van der Waals surface area contributed by atoms with Crippen LogP contribution in [0.3, 0.4) is 0 Å². The Morgan fingerprint density at radius 3 is 2.50 bits per heavy atom. The summed E-state index contributed by atoms with van der Waals surface area (Å²) < 4.78 is 49.6. The van der Waals surface area contributed by atoms with Gasteiger partial charge < -0.3 is 19.7 Å². The molecule has 9 heteroatoms. The summed E-state index contributed by atoms with van der Waals surface area (Å²) >= 11 is 0. The average Bonchev–Trinajstić information content (AvgIpc) is 3.35. The van der Waals surface area contributed by atoms with E-state index in [4.69, 9.17) is 9.47 Å². The summed E-state index contributed by atoms with van der Waals surface area (Å²) in [6.07, 6.45) is 4.88. The number of piperidine rings is 1. The molecule has 1 aromatic heterocycles. The molecule has 2 saturated heterocycles. The highest BCUT2D eigenvalue weighted by molar-refractivity contribution is 5.85. The van der Waals surface area contributed by atoms with Gasteiger partial charge in [0.1, 0.15) is 12.4 Å². The number of pyridine rings is 1. The van der Waals surface area contributed by atoms with Crippen molar-refractivity contribution in [3.05, 3.63) is 53.9 Å². The van der Waals surface area contributed by atoms with E-state index < -0.39 is 11.7 Å². The van der Waals surface area contributed by atoms with Gasteiger partial charge in [0.25, 0.3) is 0 Å². The fourth-order valence-corrected chi connectivity index (χ4v) is 4.46. The van der Waals surface area contributed by atoms with E-state index in [1.165, 1.54) is 18.6 Å². The number of ether oxygens (including phenoxy) is 2. The monoisotopic (exact) mass is 499 g/mol. The Kier molecular flexibility index (Phi) is 9.85. The minimum Gasteiger partial charge on any atom is -0.490 e. The second-order valence-corrected chi connectivity index (χ2v) is 8.95. The summed E-state index contributed by atoms with van der Waals surface area (Å²) in [5.41, 5.74) is 1.23. The Labute approximate surface area is 205 Å². The van der Waals surface area contributed by atoms with Gasteiger partial charge in [0.15, 0.2) is 0 Å². The van der Waals surface area contributed by atoms with Gasteiger partial charge in [-0.05, 0) is 62.3 Å². The quantitative estimate of drug-likeness (QED) is 0.463. The Balaban J connectivity index is 0.00000324. The molecule has 2 aromatic rings. The first-order chi connectivity index (χ1) is 16.0. The van der Waals surface area contributed by atoms with Crippen LogP contribution in [0.2, 0.25) is 0 Å². The minimum absolute atomic E-state index is 0. The number of halogens is 4. The van der Waals surface area contributed by atoms with Gasteiger partial charge >= 0.3 is 6.18 Å². The van der Waals surface area contributed by atoms with Gasteiger partial charge in [-0.25, -0.2) is 0 Å². The maximum absolute atomic E-state index is 12.6. The lowest BCUT2D eigenvalue weighted by Gasteiger charge is -2.33. The number of hydrogen-bond acceptors (Lipinski definition) is 5. The highest BCUT2D eigenvalue weighted by atomic mass is 35.5. The van der Waals surface area contributed by atoms with Crippen LogP contribution >= 0.6 is 12.4 Å². The average molecular weight is 500 g/mol. The predicted octanol–water partition coefficient (Wildman–Crippen LogP) is 5.48. The van der Waals surface area contributed by atoms with E-state index in [-0.39, 0.29) is 12.4 Å². The molecule has 4 rings (SSSR count). The predicted molar refractivity (Wildman–Crippen MR) is 129 cm³/mol. The molecule has 2 aliphatic rings. The van der Waals surface area contributed by atoms with E-state index >= 15 is 0 Å². The molecule has 0 spiro atoms. The minimum atomic E-state index is -4.30. The van der Waals surface area contributed by atoms with Crippen LogP contribution in [0.1, 0.15) is 43.2 Å². The third-order valence-corrected chi connectivity index (χ3v) is 6.51. The normalized spacial score (nSPS) is 19.1. The fourth-order valence-electron chi connectivity index (χ4n) is 4.46. The van der Waals surface area contributed by atoms with Gasteiger partial charge in [0.05, 0.1) is 30.3 Å². The van der Waals surface area contributed by atoms with E-state index in [2.05, 4.69) is 21.3 Å². The van der Waals surface area contributed by atoms with Crippen LogP contribution in [0, 0.1) is 5.92 Å². The third-order valence-electron chi connectivity index (χ3n) is 6.51. The number of rotatable bonds is 9.